The molecule has 25 heavy (non-hydrogen) atoms. The first-order chi connectivity index (χ1) is 11.6. The van der Waals surface area contributed by atoms with Crippen molar-refractivity contribution in [3.63, 3.8) is 0 Å². The molecule has 0 bridgehead atoms. The Morgan fingerprint density at radius 3 is 2.64 bits per heavy atom. The Bertz CT molecular complexity index is 667. The van der Waals surface area contributed by atoms with E-state index in [0.29, 0.717) is 19.3 Å². The number of rotatable bonds is 1. The van der Waals surface area contributed by atoms with Crippen molar-refractivity contribution in [2.75, 3.05) is 0 Å². The number of aliphatic hydroxyl groups excluding tert-OH is 1. The largest absolute Gasteiger partial charge is 0.393 e. The molecule has 138 valence electrons. The lowest BCUT2D eigenvalue weighted by Gasteiger charge is -2.57. The van der Waals surface area contributed by atoms with Gasteiger partial charge in [-0.2, -0.15) is 0 Å². The third-order valence-electron chi connectivity index (χ3n) is 8.50. The van der Waals surface area contributed by atoms with Gasteiger partial charge in [-0.15, -0.1) is 0 Å². The second kappa shape index (κ2) is 5.26. The van der Waals surface area contributed by atoms with Gasteiger partial charge in [-0.25, -0.2) is 0 Å². The lowest BCUT2D eigenvalue weighted by Crippen LogP contribution is -2.60. The number of Topliss-reactive ketones (excluding diaryl/α,β-unsaturated/α-hetero) is 2. The van der Waals surface area contributed by atoms with Crippen molar-refractivity contribution in [1.82, 2.24) is 0 Å². The summed E-state index contributed by atoms with van der Waals surface area (Å²) in [6.07, 6.45) is 6.71. The van der Waals surface area contributed by atoms with Gasteiger partial charge in [-0.1, -0.05) is 25.5 Å². The van der Waals surface area contributed by atoms with Crippen molar-refractivity contribution < 1.29 is 19.8 Å². The summed E-state index contributed by atoms with van der Waals surface area (Å²) in [5.41, 5.74) is -0.888. The van der Waals surface area contributed by atoms with E-state index >= 15 is 0 Å². The molecular formula is C21H30O4. The SMILES string of the molecule is CC(=O)[C@]1(O)CC[C@@H]2[C@H]3CC=C4C[C@H](O)CC[C@]4(C)[C@@H]3C(=O)C[C@@]21C. The van der Waals surface area contributed by atoms with Crippen LogP contribution in [0.4, 0.5) is 0 Å². The van der Waals surface area contributed by atoms with E-state index in [1.54, 1.807) is 0 Å². The maximum absolute atomic E-state index is 13.3. The van der Waals surface area contributed by atoms with Crippen LogP contribution in [-0.4, -0.2) is 33.5 Å². The predicted molar refractivity (Wildman–Crippen MR) is 93.7 cm³/mol. The first-order valence-electron chi connectivity index (χ1n) is 9.77. The zero-order chi connectivity index (χ0) is 18.2. The molecule has 0 aliphatic heterocycles. The van der Waals surface area contributed by atoms with Crippen molar-refractivity contribution in [3.05, 3.63) is 11.6 Å². The predicted octanol–water partition coefficient (Wildman–Crippen LogP) is 2.81. The molecule has 0 spiro atoms. The van der Waals surface area contributed by atoms with Gasteiger partial charge < -0.3 is 10.2 Å². The van der Waals surface area contributed by atoms with E-state index in [1.807, 2.05) is 6.92 Å². The third-order valence-corrected chi connectivity index (χ3v) is 8.50. The fraction of sp³-hybridized carbons (Fsp3) is 0.810. The number of fused-ring (bicyclic) bond motifs is 5. The first-order valence-corrected chi connectivity index (χ1v) is 9.77. The molecule has 0 radical (unpaired) electrons. The minimum atomic E-state index is -1.36. The maximum Gasteiger partial charge on any atom is 0.161 e. The molecule has 0 unspecified atom stereocenters. The van der Waals surface area contributed by atoms with E-state index in [9.17, 15) is 19.8 Å². The smallest absolute Gasteiger partial charge is 0.161 e. The Labute approximate surface area is 149 Å². The molecule has 0 amide bonds. The van der Waals surface area contributed by atoms with E-state index in [2.05, 4.69) is 13.0 Å². The molecule has 0 aromatic carbocycles. The third kappa shape index (κ3) is 2.07. The van der Waals surface area contributed by atoms with Crippen LogP contribution in [0, 0.1) is 28.6 Å². The lowest BCUT2D eigenvalue weighted by atomic mass is 9.46. The van der Waals surface area contributed by atoms with E-state index in [4.69, 9.17) is 0 Å². The summed E-state index contributed by atoms with van der Waals surface area (Å²) in [7, 11) is 0. The topological polar surface area (TPSA) is 74.6 Å². The summed E-state index contributed by atoms with van der Waals surface area (Å²) >= 11 is 0. The molecule has 3 fully saturated rings. The number of hydrogen-bond acceptors (Lipinski definition) is 4. The normalized spacial score (nSPS) is 52.0. The second-order valence-electron chi connectivity index (χ2n) is 9.54. The number of carbonyl (C=O) groups excluding carboxylic acids is 2. The molecule has 4 aliphatic carbocycles. The van der Waals surface area contributed by atoms with Crippen LogP contribution in [0.3, 0.4) is 0 Å². The molecule has 0 heterocycles. The van der Waals surface area contributed by atoms with Gasteiger partial charge in [0.1, 0.15) is 11.4 Å². The van der Waals surface area contributed by atoms with Gasteiger partial charge >= 0.3 is 0 Å². The van der Waals surface area contributed by atoms with Crippen LogP contribution < -0.4 is 0 Å². The van der Waals surface area contributed by atoms with Crippen LogP contribution >= 0.6 is 0 Å². The molecule has 4 rings (SSSR count). The number of carbonyl (C=O) groups is 2. The molecule has 3 saturated carbocycles. The van der Waals surface area contributed by atoms with Crippen LogP contribution in [0.15, 0.2) is 11.6 Å². The molecule has 4 heteroatoms. The van der Waals surface area contributed by atoms with Crippen molar-refractivity contribution in [3.8, 4) is 0 Å². The monoisotopic (exact) mass is 346 g/mol. The van der Waals surface area contributed by atoms with Crippen molar-refractivity contribution in [2.45, 2.75) is 77.4 Å². The molecule has 2 N–H and O–H groups in total. The summed E-state index contributed by atoms with van der Waals surface area (Å²) in [5, 5.41) is 21.2. The summed E-state index contributed by atoms with van der Waals surface area (Å²) in [6.45, 7) is 5.63. The van der Waals surface area contributed by atoms with Crippen LogP contribution in [0.25, 0.3) is 0 Å². The first kappa shape index (κ1) is 17.4. The van der Waals surface area contributed by atoms with Gasteiger partial charge in [0.05, 0.1) is 6.10 Å². The molecule has 7 atom stereocenters. The van der Waals surface area contributed by atoms with Crippen molar-refractivity contribution in [1.29, 1.82) is 0 Å². The number of hydrogen-bond donors (Lipinski definition) is 2. The fourth-order valence-electron chi connectivity index (χ4n) is 7.05. The Hall–Kier alpha value is -1.00. The van der Waals surface area contributed by atoms with Gasteiger partial charge in [-0.05, 0) is 62.7 Å². The number of allylic oxidation sites excluding steroid dienone is 1. The average molecular weight is 346 g/mol. The minimum Gasteiger partial charge on any atom is -0.393 e. The highest BCUT2D eigenvalue weighted by Crippen LogP contribution is 2.66. The maximum atomic E-state index is 13.3. The summed E-state index contributed by atoms with van der Waals surface area (Å²) < 4.78 is 0. The van der Waals surface area contributed by atoms with Crippen molar-refractivity contribution in [2.24, 2.45) is 28.6 Å². The van der Waals surface area contributed by atoms with Gasteiger partial charge in [0.15, 0.2) is 5.78 Å². The second-order valence-corrected chi connectivity index (χ2v) is 9.54. The Morgan fingerprint density at radius 1 is 1.24 bits per heavy atom. The zero-order valence-corrected chi connectivity index (χ0v) is 15.5. The minimum absolute atomic E-state index is 0.0209. The van der Waals surface area contributed by atoms with Crippen LogP contribution in [0.5, 0.6) is 0 Å². The highest BCUT2D eigenvalue weighted by atomic mass is 16.3. The molecule has 0 saturated heterocycles. The average Bonchev–Trinajstić information content (AvgIpc) is 2.80. The van der Waals surface area contributed by atoms with E-state index in [-0.39, 0.29) is 40.8 Å². The fourth-order valence-corrected chi connectivity index (χ4v) is 7.05. The molecule has 0 aromatic heterocycles. The molecular weight excluding hydrogens is 316 g/mol. The molecule has 4 aliphatic rings. The van der Waals surface area contributed by atoms with Crippen LogP contribution in [0.2, 0.25) is 0 Å². The van der Waals surface area contributed by atoms with Crippen molar-refractivity contribution >= 4 is 11.6 Å². The molecule has 0 aromatic rings. The summed E-state index contributed by atoms with van der Waals surface area (Å²) in [5.74, 6) is 0.430. The molecule has 4 nitrogen and oxygen atoms in total. The summed E-state index contributed by atoms with van der Waals surface area (Å²) in [6, 6.07) is 0. The highest BCUT2D eigenvalue weighted by molar-refractivity contribution is 5.90. The van der Waals surface area contributed by atoms with Gasteiger partial charge in [0.25, 0.3) is 0 Å². The van der Waals surface area contributed by atoms with E-state index < -0.39 is 11.0 Å². The number of ketones is 2. The van der Waals surface area contributed by atoms with E-state index in [0.717, 1.165) is 25.7 Å². The van der Waals surface area contributed by atoms with Gasteiger partial charge in [0, 0.05) is 17.8 Å². The van der Waals surface area contributed by atoms with Crippen LogP contribution in [-0.2, 0) is 9.59 Å². The van der Waals surface area contributed by atoms with Crippen LogP contribution in [0.1, 0.15) is 65.7 Å². The Kier molecular flexibility index (Phi) is 3.66. The highest BCUT2D eigenvalue weighted by Gasteiger charge is 2.67. The standard InChI is InChI=1S/C21H30O4/c1-12(22)21(25)9-7-16-15-5-4-13-10-14(23)6-8-19(13,2)18(15)17(24)11-20(16,21)3/h4,14-16,18,23,25H,5-11H2,1-3H3/t14-,15-,16-,18+,19+,20+,21-/m1/s1. The Balaban J connectivity index is 1.76. The zero-order valence-electron chi connectivity index (χ0n) is 15.5. The van der Waals surface area contributed by atoms with Gasteiger partial charge in [-0.3, -0.25) is 9.59 Å². The lowest BCUT2D eigenvalue weighted by molar-refractivity contribution is -0.166. The van der Waals surface area contributed by atoms with Gasteiger partial charge in [0.2, 0.25) is 0 Å². The van der Waals surface area contributed by atoms with E-state index in [1.165, 1.54) is 12.5 Å². The number of aliphatic hydroxyl groups is 2. The quantitative estimate of drug-likeness (QED) is 0.716. The Morgan fingerprint density at radius 2 is 1.96 bits per heavy atom. The summed E-state index contributed by atoms with van der Waals surface area (Å²) in [4.78, 5) is 25.5.